The predicted molar refractivity (Wildman–Crippen MR) is 84.1 cm³/mol. The molecule has 0 amide bonds. The van der Waals surface area contributed by atoms with Gasteiger partial charge in [0.05, 0.1) is 0 Å². The molecule has 0 aliphatic rings. The van der Waals surface area contributed by atoms with Crippen LogP contribution in [0.15, 0.2) is 0 Å². The van der Waals surface area contributed by atoms with Crippen molar-refractivity contribution < 1.29 is 0 Å². The predicted octanol–water partition coefficient (Wildman–Crippen LogP) is 6.86. The Morgan fingerprint density at radius 1 is 0.647 bits per heavy atom. The Bertz CT molecular complexity index is 152. The summed E-state index contributed by atoms with van der Waals surface area (Å²) in [7, 11) is 0. The van der Waals surface area contributed by atoms with Crippen molar-refractivity contribution in [2.24, 2.45) is 0 Å². The molecule has 0 radical (unpaired) electrons. The first-order chi connectivity index (χ1) is 8.12. The van der Waals surface area contributed by atoms with Crippen molar-refractivity contribution in [3.05, 3.63) is 0 Å². The summed E-state index contributed by atoms with van der Waals surface area (Å²) in [5.41, 5.74) is 0. The molecule has 0 nitrogen and oxygen atoms in total. The monoisotopic (exact) mass is 304 g/mol. The maximum Gasteiger partial charge on any atom is 0.0229 e. The van der Waals surface area contributed by atoms with Crippen LogP contribution in [0.2, 0.25) is 0 Å². The number of hydrogen-bond acceptors (Lipinski definition) is 0. The van der Waals surface area contributed by atoms with E-state index in [1.165, 1.54) is 77.0 Å². The second kappa shape index (κ2) is 11.6. The van der Waals surface area contributed by atoms with Crippen LogP contribution in [0, 0.1) is 0 Å². The normalized spacial score (nSPS) is 14.8. The highest BCUT2D eigenvalue weighted by Gasteiger charge is 2.18. The zero-order valence-corrected chi connectivity index (χ0v) is 13.9. The number of unbranched alkanes of at least 4 members (excludes halogenated alkanes) is 8. The van der Waals surface area contributed by atoms with E-state index in [-0.39, 0.29) is 0 Å². The molecule has 104 valence electrons. The molecule has 1 heteroatoms. The van der Waals surface area contributed by atoms with Crippen molar-refractivity contribution in [3.63, 3.8) is 0 Å². The molecular weight excluding hydrogens is 272 g/mol. The maximum absolute atomic E-state index is 3.92. The molecule has 0 aromatic carbocycles. The van der Waals surface area contributed by atoms with Crippen LogP contribution in [0.1, 0.15) is 97.8 Å². The first-order valence-corrected chi connectivity index (χ1v) is 8.60. The average Bonchev–Trinajstić information content (AvgIpc) is 2.29. The second-order valence-corrected chi connectivity index (χ2v) is 7.66. The Balaban J connectivity index is 3.37. The van der Waals surface area contributed by atoms with Crippen molar-refractivity contribution in [1.82, 2.24) is 0 Å². The highest BCUT2D eigenvalue weighted by molar-refractivity contribution is 9.10. The third-order valence-electron chi connectivity index (χ3n) is 3.60. The minimum Gasteiger partial charge on any atom is -0.0856 e. The van der Waals surface area contributed by atoms with Gasteiger partial charge in [-0.25, -0.2) is 0 Å². The van der Waals surface area contributed by atoms with Gasteiger partial charge in [0, 0.05) is 4.32 Å². The van der Waals surface area contributed by atoms with E-state index in [9.17, 15) is 0 Å². The molecule has 0 N–H and O–H groups in total. The van der Waals surface area contributed by atoms with E-state index in [1.807, 2.05) is 0 Å². The fraction of sp³-hybridized carbons (Fsp3) is 1.00. The molecule has 0 fully saturated rings. The standard InChI is InChI=1S/C16H33Br/c1-4-6-8-10-11-13-15-16(3,17)14-12-9-7-5-2/h4-15H2,1-3H3. The highest BCUT2D eigenvalue weighted by Crippen LogP contribution is 2.31. The summed E-state index contributed by atoms with van der Waals surface area (Å²) < 4.78 is 0.408. The Kier molecular flexibility index (Phi) is 11.9. The first kappa shape index (κ1) is 17.5. The van der Waals surface area contributed by atoms with Crippen LogP contribution >= 0.6 is 15.9 Å². The van der Waals surface area contributed by atoms with E-state index in [2.05, 4.69) is 36.7 Å². The van der Waals surface area contributed by atoms with Gasteiger partial charge in [0.25, 0.3) is 0 Å². The molecule has 17 heavy (non-hydrogen) atoms. The topological polar surface area (TPSA) is 0 Å². The van der Waals surface area contributed by atoms with Crippen LogP contribution in [0.25, 0.3) is 0 Å². The third kappa shape index (κ3) is 12.7. The smallest absolute Gasteiger partial charge is 0.0229 e. The molecule has 0 aromatic heterocycles. The summed E-state index contributed by atoms with van der Waals surface area (Å²) in [5, 5.41) is 0. The lowest BCUT2D eigenvalue weighted by Gasteiger charge is -2.22. The lowest BCUT2D eigenvalue weighted by molar-refractivity contribution is 0.477. The molecule has 0 bridgehead atoms. The van der Waals surface area contributed by atoms with Crippen LogP contribution in [0.3, 0.4) is 0 Å². The molecule has 0 spiro atoms. The van der Waals surface area contributed by atoms with Crippen LogP contribution in [-0.2, 0) is 0 Å². The first-order valence-electron chi connectivity index (χ1n) is 7.81. The third-order valence-corrected chi connectivity index (χ3v) is 4.40. The largest absolute Gasteiger partial charge is 0.0856 e. The number of rotatable bonds is 12. The van der Waals surface area contributed by atoms with E-state index in [4.69, 9.17) is 0 Å². The van der Waals surface area contributed by atoms with Crippen LogP contribution in [0.4, 0.5) is 0 Å². The van der Waals surface area contributed by atoms with Crippen molar-refractivity contribution >= 4 is 15.9 Å². The van der Waals surface area contributed by atoms with Gasteiger partial charge in [-0.1, -0.05) is 94.0 Å². The van der Waals surface area contributed by atoms with Gasteiger partial charge in [-0.05, 0) is 19.8 Å². The van der Waals surface area contributed by atoms with Gasteiger partial charge < -0.3 is 0 Å². The Morgan fingerprint density at radius 3 is 1.47 bits per heavy atom. The molecule has 0 saturated carbocycles. The van der Waals surface area contributed by atoms with Gasteiger partial charge >= 0.3 is 0 Å². The van der Waals surface area contributed by atoms with Crippen LogP contribution < -0.4 is 0 Å². The van der Waals surface area contributed by atoms with E-state index in [1.54, 1.807) is 0 Å². The minimum atomic E-state index is 0.408. The van der Waals surface area contributed by atoms with Gasteiger partial charge in [-0.3, -0.25) is 0 Å². The van der Waals surface area contributed by atoms with Crippen molar-refractivity contribution in [3.8, 4) is 0 Å². The molecule has 1 unspecified atom stereocenters. The van der Waals surface area contributed by atoms with E-state index in [0.717, 1.165) is 0 Å². The number of hydrogen-bond donors (Lipinski definition) is 0. The maximum atomic E-state index is 3.92. The fourth-order valence-corrected chi connectivity index (χ4v) is 2.88. The van der Waals surface area contributed by atoms with Gasteiger partial charge in [0.15, 0.2) is 0 Å². The van der Waals surface area contributed by atoms with Crippen LogP contribution in [-0.4, -0.2) is 4.32 Å². The average molecular weight is 305 g/mol. The Hall–Kier alpha value is 0.480. The van der Waals surface area contributed by atoms with Crippen LogP contribution in [0.5, 0.6) is 0 Å². The molecular formula is C16H33Br. The van der Waals surface area contributed by atoms with Crippen molar-refractivity contribution in [2.45, 2.75) is 102 Å². The van der Waals surface area contributed by atoms with Gasteiger partial charge in [0.2, 0.25) is 0 Å². The van der Waals surface area contributed by atoms with Crippen molar-refractivity contribution in [2.75, 3.05) is 0 Å². The molecule has 0 saturated heterocycles. The Labute approximate surface area is 118 Å². The fourth-order valence-electron chi connectivity index (χ4n) is 2.32. The molecule has 0 aliphatic carbocycles. The summed E-state index contributed by atoms with van der Waals surface area (Å²) in [6.45, 7) is 6.94. The SMILES string of the molecule is CCCCCCCCC(C)(Br)CCCCCC. The zero-order valence-electron chi connectivity index (χ0n) is 12.4. The lowest BCUT2D eigenvalue weighted by Crippen LogP contribution is -2.15. The van der Waals surface area contributed by atoms with E-state index >= 15 is 0 Å². The molecule has 1 atom stereocenters. The summed E-state index contributed by atoms with van der Waals surface area (Å²) >= 11 is 3.92. The van der Waals surface area contributed by atoms with Crippen molar-refractivity contribution in [1.29, 1.82) is 0 Å². The second-order valence-electron chi connectivity index (χ2n) is 5.74. The lowest BCUT2D eigenvalue weighted by atomic mass is 9.96. The number of halogens is 1. The molecule has 0 rings (SSSR count). The van der Waals surface area contributed by atoms with E-state index < -0.39 is 0 Å². The summed E-state index contributed by atoms with van der Waals surface area (Å²) in [4.78, 5) is 0. The van der Waals surface area contributed by atoms with E-state index in [0.29, 0.717) is 4.32 Å². The minimum absolute atomic E-state index is 0.408. The zero-order chi connectivity index (χ0) is 13.0. The summed E-state index contributed by atoms with van der Waals surface area (Å²) in [6.07, 6.45) is 16.7. The Morgan fingerprint density at radius 2 is 1.00 bits per heavy atom. The molecule has 0 aliphatic heterocycles. The van der Waals surface area contributed by atoms with Gasteiger partial charge in [-0.15, -0.1) is 0 Å². The summed E-state index contributed by atoms with van der Waals surface area (Å²) in [6, 6.07) is 0. The molecule has 0 heterocycles. The quantitative estimate of drug-likeness (QED) is 0.273. The summed E-state index contributed by atoms with van der Waals surface area (Å²) in [5.74, 6) is 0. The van der Waals surface area contributed by atoms with Gasteiger partial charge in [0.1, 0.15) is 0 Å². The highest BCUT2D eigenvalue weighted by atomic mass is 79.9. The van der Waals surface area contributed by atoms with Gasteiger partial charge in [-0.2, -0.15) is 0 Å². The molecule has 0 aromatic rings. The number of alkyl halides is 1.